The van der Waals surface area contributed by atoms with Gasteiger partial charge in [0.2, 0.25) is 0 Å². The number of ether oxygens (including phenoxy) is 1. The van der Waals surface area contributed by atoms with Crippen molar-refractivity contribution in [2.45, 2.75) is 8.94 Å². The van der Waals surface area contributed by atoms with Gasteiger partial charge in [0, 0.05) is 0 Å². The molecule has 0 atom stereocenters. The maximum absolute atomic E-state index is 8.49. The summed E-state index contributed by atoms with van der Waals surface area (Å²) in [6.45, 7) is 1.60. The van der Waals surface area contributed by atoms with Crippen LogP contribution in [0.4, 0.5) is 0 Å². The number of hydrogen-bond donors (Lipinski definition) is 0. The van der Waals surface area contributed by atoms with Crippen molar-refractivity contribution in [3.8, 4) is 8.23 Å². The van der Waals surface area contributed by atoms with Gasteiger partial charge in [0.05, 0.1) is 0 Å². The van der Waals surface area contributed by atoms with Crippen molar-refractivity contribution in [3.05, 3.63) is 0 Å². The molecular formula is C7H8N2OTe2. The van der Waals surface area contributed by atoms with Crippen LogP contribution in [-0.4, -0.2) is 55.1 Å². The molecule has 0 aromatic rings. The second kappa shape index (κ2) is 5.29. The average Bonchev–Trinajstić information content (AvgIpc) is 2.02. The molecule has 1 saturated heterocycles. The monoisotopic (exact) mass is 396 g/mol. The van der Waals surface area contributed by atoms with Gasteiger partial charge in [0.1, 0.15) is 0 Å². The predicted octanol–water partition coefficient (Wildman–Crippen LogP) is 0.210. The third-order valence-corrected chi connectivity index (χ3v) is 6.76. The van der Waals surface area contributed by atoms with E-state index in [0.29, 0.717) is 0 Å². The van der Waals surface area contributed by atoms with Crippen molar-refractivity contribution in [2.75, 3.05) is 13.2 Å². The van der Waals surface area contributed by atoms with Crippen molar-refractivity contribution >= 4 is 41.8 Å². The van der Waals surface area contributed by atoms with Crippen molar-refractivity contribution < 1.29 is 4.74 Å². The second-order valence-electron chi connectivity index (χ2n) is 2.75. The Bertz CT molecular complexity index is 207. The average molecular weight is 391 g/mol. The molecule has 0 unspecified atom stereocenters. The van der Waals surface area contributed by atoms with Crippen LogP contribution in [0.1, 0.15) is 0 Å². The van der Waals surface area contributed by atoms with Crippen molar-refractivity contribution in [1.29, 1.82) is 10.5 Å². The van der Waals surface area contributed by atoms with E-state index in [9.17, 15) is 0 Å². The molecule has 0 amide bonds. The van der Waals surface area contributed by atoms with E-state index in [2.05, 4.69) is 8.23 Å². The zero-order valence-electron chi connectivity index (χ0n) is 6.45. The molecule has 1 fully saturated rings. The van der Waals surface area contributed by atoms with Crippen LogP contribution in [0.25, 0.3) is 0 Å². The summed E-state index contributed by atoms with van der Waals surface area (Å²) in [6.07, 6.45) is 0. The van der Waals surface area contributed by atoms with Gasteiger partial charge in [-0.05, 0) is 0 Å². The minimum absolute atomic E-state index is 0.274. The molecule has 3 nitrogen and oxygen atoms in total. The van der Waals surface area contributed by atoms with Gasteiger partial charge >= 0.3 is 92.9 Å². The summed E-state index contributed by atoms with van der Waals surface area (Å²) in [5, 5.41) is 17.0. The first-order valence-electron chi connectivity index (χ1n) is 3.42. The molecule has 1 aliphatic rings. The molecule has 64 valence electrons. The fourth-order valence-corrected chi connectivity index (χ4v) is 5.87. The molecule has 0 saturated carbocycles. The van der Waals surface area contributed by atoms with Gasteiger partial charge in [-0.2, -0.15) is 0 Å². The van der Waals surface area contributed by atoms with Crippen LogP contribution in [-0.2, 0) is 4.74 Å². The van der Waals surface area contributed by atoms with Crippen LogP contribution >= 0.6 is 0 Å². The van der Waals surface area contributed by atoms with Gasteiger partial charge < -0.3 is 0 Å². The fraction of sp³-hybridized carbons (Fsp3) is 0.714. The second-order valence-corrected chi connectivity index (χ2v) is 7.09. The first kappa shape index (κ1) is 10.6. The van der Waals surface area contributed by atoms with Gasteiger partial charge in [-0.1, -0.05) is 0 Å². The Kier molecular flexibility index (Phi) is 4.67. The Morgan fingerprint density at radius 3 is 1.92 bits per heavy atom. The molecule has 0 N–H and O–H groups in total. The molecule has 0 radical (unpaired) electrons. The van der Waals surface area contributed by atoms with E-state index in [1.54, 1.807) is 0 Å². The van der Waals surface area contributed by atoms with Crippen LogP contribution in [0.5, 0.6) is 0 Å². The third kappa shape index (κ3) is 2.78. The standard InChI is InChI=1S/C7H8N2OTe2/c8-5-11-3-7(1-10-2-7)4-12-6-9/h1-4H2. The Balaban J connectivity index is 2.31. The van der Waals surface area contributed by atoms with E-state index in [-0.39, 0.29) is 5.41 Å². The van der Waals surface area contributed by atoms with Crippen LogP contribution in [0, 0.1) is 24.2 Å². The van der Waals surface area contributed by atoms with E-state index in [1.807, 2.05) is 0 Å². The minimum atomic E-state index is -0.461. The zero-order chi connectivity index (χ0) is 8.86. The van der Waals surface area contributed by atoms with E-state index < -0.39 is 41.8 Å². The Hall–Kier alpha value is 0.519. The molecule has 1 rings (SSSR count). The van der Waals surface area contributed by atoms with Gasteiger partial charge in [0.15, 0.2) is 0 Å². The Morgan fingerprint density at radius 2 is 1.67 bits per heavy atom. The third-order valence-electron chi connectivity index (χ3n) is 1.70. The van der Waals surface area contributed by atoms with E-state index in [0.717, 1.165) is 22.2 Å². The topological polar surface area (TPSA) is 56.8 Å². The first-order chi connectivity index (χ1) is 5.83. The van der Waals surface area contributed by atoms with Gasteiger partial charge in [-0.15, -0.1) is 0 Å². The summed E-state index contributed by atoms with van der Waals surface area (Å²) in [5.41, 5.74) is 0.274. The number of hydrogen-bond acceptors (Lipinski definition) is 3. The molecule has 0 bridgehead atoms. The number of nitriles is 2. The summed E-state index contributed by atoms with van der Waals surface area (Å²) in [7, 11) is 0. The van der Waals surface area contributed by atoms with E-state index in [1.165, 1.54) is 0 Å². The molecule has 12 heavy (non-hydrogen) atoms. The molecule has 0 aliphatic carbocycles. The number of rotatable bonds is 4. The molecule has 5 heteroatoms. The van der Waals surface area contributed by atoms with E-state index in [4.69, 9.17) is 15.3 Å². The molecule has 0 aromatic carbocycles. The van der Waals surface area contributed by atoms with E-state index >= 15 is 0 Å². The summed E-state index contributed by atoms with van der Waals surface area (Å²) in [6, 6.07) is 0. The molecule has 1 heterocycles. The molecular weight excluding hydrogens is 383 g/mol. The fourth-order valence-electron chi connectivity index (χ4n) is 0.970. The first-order valence-corrected chi connectivity index (χ1v) is 9.05. The number of nitrogens with zero attached hydrogens (tertiary/aromatic N) is 2. The molecule has 0 aromatic heterocycles. The van der Waals surface area contributed by atoms with Crippen LogP contribution < -0.4 is 0 Å². The maximum atomic E-state index is 8.49. The van der Waals surface area contributed by atoms with Gasteiger partial charge in [0.25, 0.3) is 0 Å². The van der Waals surface area contributed by atoms with Gasteiger partial charge in [-0.3, -0.25) is 0 Å². The molecule has 0 spiro atoms. The molecule has 1 aliphatic heterocycles. The van der Waals surface area contributed by atoms with Crippen LogP contribution in [0.2, 0.25) is 8.94 Å². The van der Waals surface area contributed by atoms with Crippen LogP contribution in [0.15, 0.2) is 0 Å². The summed E-state index contributed by atoms with van der Waals surface area (Å²) in [5.74, 6) is 0. The quantitative estimate of drug-likeness (QED) is 0.644. The Morgan fingerprint density at radius 1 is 1.17 bits per heavy atom. The Labute approximate surface area is 92.2 Å². The van der Waals surface area contributed by atoms with Crippen molar-refractivity contribution in [2.24, 2.45) is 5.41 Å². The predicted molar refractivity (Wildman–Crippen MR) is 45.6 cm³/mol. The SMILES string of the molecule is N#C[Te]CC1(C[Te]C#N)COC1. The summed E-state index contributed by atoms with van der Waals surface area (Å²) in [4.78, 5) is 0. The van der Waals surface area contributed by atoms with Crippen molar-refractivity contribution in [1.82, 2.24) is 0 Å². The van der Waals surface area contributed by atoms with Crippen molar-refractivity contribution in [3.63, 3.8) is 0 Å². The van der Waals surface area contributed by atoms with Gasteiger partial charge in [-0.25, -0.2) is 0 Å². The summed E-state index contributed by atoms with van der Waals surface area (Å²) < 4.78 is 11.8. The normalized spacial score (nSPS) is 18.8. The zero-order valence-corrected chi connectivity index (χ0v) is 11.1. The van der Waals surface area contributed by atoms with Crippen LogP contribution in [0.3, 0.4) is 0 Å². The summed E-state index contributed by atoms with van der Waals surface area (Å²) >= 11 is -0.921.